The van der Waals surface area contributed by atoms with E-state index in [4.69, 9.17) is 0 Å². The zero-order valence-corrected chi connectivity index (χ0v) is 16.4. The Bertz CT molecular complexity index is 416. The van der Waals surface area contributed by atoms with Gasteiger partial charge in [-0.05, 0) is 36.5 Å². The van der Waals surface area contributed by atoms with Crippen LogP contribution in [0.2, 0.25) is 0 Å². The first-order chi connectivity index (χ1) is 11.0. The molecule has 0 aromatic carbocycles. The molecule has 4 nitrogen and oxygen atoms in total. The van der Waals surface area contributed by atoms with Crippen LogP contribution in [0.5, 0.6) is 0 Å². The SMILES string of the molecule is CCCCC(C)(C)CC(C(=O)O)=C(CC(C)(C)CCCC)C(=O)O. The van der Waals surface area contributed by atoms with Gasteiger partial charge in [0.2, 0.25) is 0 Å². The van der Waals surface area contributed by atoms with E-state index in [1.165, 1.54) is 0 Å². The van der Waals surface area contributed by atoms with E-state index >= 15 is 0 Å². The molecule has 0 bridgehead atoms. The summed E-state index contributed by atoms with van der Waals surface area (Å²) < 4.78 is 0. The number of aliphatic carboxylic acids is 2. The number of hydrogen-bond donors (Lipinski definition) is 2. The van der Waals surface area contributed by atoms with Crippen molar-refractivity contribution < 1.29 is 19.8 Å². The molecule has 24 heavy (non-hydrogen) atoms. The Balaban J connectivity index is 5.59. The lowest BCUT2D eigenvalue weighted by Crippen LogP contribution is -2.23. The first-order valence-corrected chi connectivity index (χ1v) is 9.14. The Morgan fingerprint density at radius 1 is 0.708 bits per heavy atom. The number of hydrogen-bond acceptors (Lipinski definition) is 2. The second-order valence-corrected chi connectivity index (χ2v) is 8.46. The highest BCUT2D eigenvalue weighted by Gasteiger charge is 2.31. The number of carboxylic acid groups (broad SMARTS) is 2. The van der Waals surface area contributed by atoms with Crippen molar-refractivity contribution in [3.05, 3.63) is 11.1 Å². The van der Waals surface area contributed by atoms with Crippen molar-refractivity contribution in [1.82, 2.24) is 0 Å². The van der Waals surface area contributed by atoms with Gasteiger partial charge < -0.3 is 10.2 Å². The summed E-state index contributed by atoms with van der Waals surface area (Å²) in [6.07, 6.45) is 6.52. The van der Waals surface area contributed by atoms with E-state index < -0.39 is 11.9 Å². The molecule has 0 aliphatic heterocycles. The molecule has 0 aliphatic rings. The third kappa shape index (κ3) is 8.51. The van der Waals surface area contributed by atoms with Gasteiger partial charge in [-0.25, -0.2) is 9.59 Å². The highest BCUT2D eigenvalue weighted by molar-refractivity contribution is 5.98. The van der Waals surface area contributed by atoms with Crippen molar-refractivity contribution in [2.45, 2.75) is 92.9 Å². The van der Waals surface area contributed by atoms with Crippen LogP contribution in [0.3, 0.4) is 0 Å². The van der Waals surface area contributed by atoms with E-state index in [2.05, 4.69) is 13.8 Å². The van der Waals surface area contributed by atoms with Gasteiger partial charge >= 0.3 is 11.9 Å². The van der Waals surface area contributed by atoms with Gasteiger partial charge in [0, 0.05) is 11.1 Å². The highest BCUT2D eigenvalue weighted by atomic mass is 16.4. The van der Waals surface area contributed by atoms with Gasteiger partial charge in [-0.3, -0.25) is 0 Å². The number of rotatable bonds is 12. The Kier molecular flexibility index (Phi) is 9.31. The zero-order chi connectivity index (χ0) is 19.0. The second kappa shape index (κ2) is 9.85. The molecule has 0 atom stereocenters. The normalized spacial score (nSPS) is 13.6. The minimum atomic E-state index is -1.09. The van der Waals surface area contributed by atoms with E-state index in [9.17, 15) is 19.8 Å². The summed E-state index contributed by atoms with van der Waals surface area (Å²) in [5.74, 6) is -2.19. The predicted molar refractivity (Wildman–Crippen MR) is 98.1 cm³/mol. The standard InChI is InChI=1S/C20H36O4/c1-7-9-11-19(3,4)13-15(17(21)22)16(18(23)24)14-20(5,6)12-10-8-2/h7-14H2,1-6H3,(H,21,22)(H,23,24). The molecule has 0 aromatic heterocycles. The first-order valence-electron chi connectivity index (χ1n) is 9.14. The Morgan fingerprint density at radius 3 is 1.21 bits per heavy atom. The summed E-state index contributed by atoms with van der Waals surface area (Å²) in [5, 5.41) is 19.3. The Morgan fingerprint density at radius 2 is 1.00 bits per heavy atom. The highest BCUT2D eigenvalue weighted by Crippen LogP contribution is 2.37. The van der Waals surface area contributed by atoms with Crippen molar-refractivity contribution >= 4 is 11.9 Å². The molecule has 2 N–H and O–H groups in total. The van der Waals surface area contributed by atoms with Gasteiger partial charge in [0.25, 0.3) is 0 Å². The van der Waals surface area contributed by atoms with Gasteiger partial charge in [-0.15, -0.1) is 0 Å². The van der Waals surface area contributed by atoms with E-state index in [-0.39, 0.29) is 22.0 Å². The third-order valence-corrected chi connectivity index (χ3v) is 4.61. The lowest BCUT2D eigenvalue weighted by atomic mass is 9.76. The van der Waals surface area contributed by atoms with Crippen LogP contribution < -0.4 is 0 Å². The smallest absolute Gasteiger partial charge is 0.332 e. The van der Waals surface area contributed by atoms with Gasteiger partial charge in [0.1, 0.15) is 0 Å². The minimum absolute atomic E-state index is 0.0770. The van der Waals surface area contributed by atoms with Crippen LogP contribution in [0.25, 0.3) is 0 Å². The summed E-state index contributed by atoms with van der Waals surface area (Å²) in [6.45, 7) is 12.3. The van der Waals surface area contributed by atoms with Crippen LogP contribution in [-0.4, -0.2) is 22.2 Å². The molecule has 0 heterocycles. The quantitative estimate of drug-likeness (QED) is 0.449. The van der Waals surface area contributed by atoms with Crippen LogP contribution in [-0.2, 0) is 9.59 Å². The Labute approximate surface area is 147 Å². The second-order valence-electron chi connectivity index (χ2n) is 8.46. The van der Waals surface area contributed by atoms with E-state index in [1.807, 2.05) is 27.7 Å². The maximum absolute atomic E-state index is 11.8. The van der Waals surface area contributed by atoms with Crippen molar-refractivity contribution in [2.24, 2.45) is 10.8 Å². The summed E-state index contributed by atoms with van der Waals surface area (Å²) in [5.41, 5.74) is -0.267. The number of carboxylic acids is 2. The maximum Gasteiger partial charge on any atom is 0.332 e. The van der Waals surface area contributed by atoms with Gasteiger partial charge in [-0.2, -0.15) is 0 Å². The summed E-state index contributed by atoms with van der Waals surface area (Å²) in [6, 6.07) is 0. The molecule has 0 radical (unpaired) electrons. The van der Waals surface area contributed by atoms with Gasteiger partial charge in [-0.1, -0.05) is 67.2 Å². The van der Waals surface area contributed by atoms with Crippen LogP contribution in [0.1, 0.15) is 92.9 Å². The molecule has 0 unspecified atom stereocenters. The molecule has 0 spiro atoms. The first kappa shape index (κ1) is 22.7. The fourth-order valence-electron chi connectivity index (χ4n) is 3.07. The molecular weight excluding hydrogens is 304 g/mol. The largest absolute Gasteiger partial charge is 0.478 e. The van der Waals surface area contributed by atoms with Crippen LogP contribution in [0.15, 0.2) is 11.1 Å². The number of carbonyl (C=O) groups is 2. The molecular formula is C20H36O4. The third-order valence-electron chi connectivity index (χ3n) is 4.61. The fraction of sp³-hybridized carbons (Fsp3) is 0.800. The summed E-state index contributed by atoms with van der Waals surface area (Å²) >= 11 is 0. The van der Waals surface area contributed by atoms with Crippen LogP contribution in [0.4, 0.5) is 0 Å². The van der Waals surface area contributed by atoms with Crippen molar-refractivity contribution in [1.29, 1.82) is 0 Å². The molecule has 4 heteroatoms. The maximum atomic E-state index is 11.8. The molecule has 0 saturated heterocycles. The van der Waals surface area contributed by atoms with Gasteiger partial charge in [0.15, 0.2) is 0 Å². The van der Waals surface area contributed by atoms with Crippen molar-refractivity contribution in [3.63, 3.8) is 0 Å². The molecule has 0 amide bonds. The average molecular weight is 341 g/mol. The molecule has 140 valence electrons. The average Bonchev–Trinajstić information content (AvgIpc) is 2.46. The molecule has 0 saturated carbocycles. The summed E-state index contributed by atoms with van der Waals surface area (Å²) in [7, 11) is 0. The van der Waals surface area contributed by atoms with Gasteiger partial charge in [0.05, 0.1) is 0 Å². The van der Waals surface area contributed by atoms with Crippen molar-refractivity contribution in [3.8, 4) is 0 Å². The van der Waals surface area contributed by atoms with Crippen LogP contribution >= 0.6 is 0 Å². The minimum Gasteiger partial charge on any atom is -0.478 e. The summed E-state index contributed by atoms with van der Waals surface area (Å²) in [4.78, 5) is 23.6. The van der Waals surface area contributed by atoms with E-state index in [0.717, 1.165) is 38.5 Å². The molecule has 0 rings (SSSR count). The van der Waals surface area contributed by atoms with Crippen LogP contribution in [0, 0.1) is 10.8 Å². The van der Waals surface area contributed by atoms with E-state index in [0.29, 0.717) is 12.8 Å². The lowest BCUT2D eigenvalue weighted by molar-refractivity contribution is -0.136. The van der Waals surface area contributed by atoms with E-state index in [1.54, 1.807) is 0 Å². The number of unbranched alkanes of at least 4 members (excludes halogenated alkanes) is 2. The molecule has 0 aromatic rings. The topological polar surface area (TPSA) is 74.6 Å². The predicted octanol–water partition coefficient (Wildman–Crippen LogP) is 5.67. The monoisotopic (exact) mass is 340 g/mol. The molecule has 0 fully saturated rings. The molecule has 0 aliphatic carbocycles. The zero-order valence-electron chi connectivity index (χ0n) is 16.4. The fourth-order valence-corrected chi connectivity index (χ4v) is 3.07. The van der Waals surface area contributed by atoms with Crippen molar-refractivity contribution in [2.75, 3.05) is 0 Å². The lowest BCUT2D eigenvalue weighted by Gasteiger charge is -2.28. The Hall–Kier alpha value is -1.32.